The van der Waals surface area contributed by atoms with E-state index in [9.17, 15) is 14.0 Å². The van der Waals surface area contributed by atoms with E-state index in [1.165, 1.54) is 0 Å². The number of rotatable bonds is 11. The standard InChI is InChI=1S/C22H32FN3O5/c1-5-22(6-2,21(28)30-7-3)25-19(27)17-8-9-18(26-11-15(12-26)29-4)20(24-17)31-13-14-10-16(14)23/h8-9,14-16H,5-7,10-13H2,1-4H3,(H,25,27). The maximum atomic E-state index is 13.3. The van der Waals surface area contributed by atoms with Crippen molar-refractivity contribution >= 4 is 17.6 Å². The average molecular weight is 438 g/mol. The molecule has 2 atom stereocenters. The smallest absolute Gasteiger partial charge is 0.331 e. The zero-order valence-electron chi connectivity index (χ0n) is 18.7. The van der Waals surface area contributed by atoms with E-state index >= 15 is 0 Å². The molecule has 0 radical (unpaired) electrons. The Labute approximate surface area is 182 Å². The van der Waals surface area contributed by atoms with Gasteiger partial charge < -0.3 is 24.4 Å². The lowest BCUT2D eigenvalue weighted by molar-refractivity contribution is -0.151. The number of nitrogens with one attached hydrogen (secondary N) is 1. The Morgan fingerprint density at radius 1 is 1.26 bits per heavy atom. The molecule has 1 saturated heterocycles. The second-order valence-corrected chi connectivity index (χ2v) is 8.07. The number of carbonyl (C=O) groups is 2. The number of methoxy groups -OCH3 is 1. The Balaban J connectivity index is 1.79. The summed E-state index contributed by atoms with van der Waals surface area (Å²) in [5.74, 6) is -0.792. The first-order valence-corrected chi connectivity index (χ1v) is 10.9. The van der Waals surface area contributed by atoms with Gasteiger partial charge in [-0.3, -0.25) is 4.79 Å². The number of halogens is 1. The van der Waals surface area contributed by atoms with E-state index in [0.717, 1.165) is 5.69 Å². The number of anilines is 1. The van der Waals surface area contributed by atoms with Gasteiger partial charge in [0.15, 0.2) is 0 Å². The zero-order valence-corrected chi connectivity index (χ0v) is 18.7. The molecule has 1 amide bonds. The Morgan fingerprint density at radius 2 is 1.94 bits per heavy atom. The number of ether oxygens (including phenoxy) is 3. The monoisotopic (exact) mass is 437 g/mol. The number of carbonyl (C=O) groups excluding carboxylic acids is 2. The van der Waals surface area contributed by atoms with Gasteiger partial charge >= 0.3 is 5.97 Å². The molecule has 31 heavy (non-hydrogen) atoms. The summed E-state index contributed by atoms with van der Waals surface area (Å²) in [4.78, 5) is 31.9. The molecular weight excluding hydrogens is 405 g/mol. The molecule has 1 N–H and O–H groups in total. The van der Waals surface area contributed by atoms with Crippen molar-refractivity contribution < 1.29 is 28.2 Å². The van der Waals surface area contributed by atoms with Gasteiger partial charge in [0, 0.05) is 26.1 Å². The van der Waals surface area contributed by atoms with Gasteiger partial charge in [-0.25, -0.2) is 14.2 Å². The lowest BCUT2D eigenvalue weighted by Crippen LogP contribution is -2.54. The SMILES string of the molecule is CCOC(=O)C(CC)(CC)NC(=O)c1ccc(N2CC(OC)C2)c(OCC2CC2F)n1. The molecule has 1 aromatic rings. The molecule has 0 spiro atoms. The van der Waals surface area contributed by atoms with E-state index in [-0.39, 0.29) is 36.8 Å². The fourth-order valence-electron chi connectivity index (χ4n) is 3.58. The van der Waals surface area contributed by atoms with Crippen molar-refractivity contribution in [2.75, 3.05) is 38.3 Å². The van der Waals surface area contributed by atoms with Crippen LogP contribution < -0.4 is 15.0 Å². The summed E-state index contributed by atoms with van der Waals surface area (Å²) < 4.78 is 29.6. The predicted molar refractivity (Wildman–Crippen MR) is 113 cm³/mol. The first-order valence-electron chi connectivity index (χ1n) is 10.9. The number of aromatic nitrogens is 1. The third-order valence-electron chi connectivity index (χ3n) is 6.09. The molecule has 2 fully saturated rings. The molecule has 1 saturated carbocycles. The maximum Gasteiger partial charge on any atom is 0.331 e. The second kappa shape index (κ2) is 9.80. The number of pyridine rings is 1. The number of hydrogen-bond acceptors (Lipinski definition) is 7. The third-order valence-corrected chi connectivity index (χ3v) is 6.09. The van der Waals surface area contributed by atoms with Crippen LogP contribution in [0.4, 0.5) is 10.1 Å². The predicted octanol–water partition coefficient (Wildman–Crippen LogP) is 2.51. The molecule has 0 bridgehead atoms. The van der Waals surface area contributed by atoms with Gasteiger partial charge in [-0.1, -0.05) is 13.8 Å². The first kappa shape index (κ1) is 23.2. The van der Waals surface area contributed by atoms with E-state index in [4.69, 9.17) is 14.2 Å². The van der Waals surface area contributed by atoms with Crippen LogP contribution in [0.1, 0.15) is 50.5 Å². The van der Waals surface area contributed by atoms with Gasteiger partial charge in [0.25, 0.3) is 5.91 Å². The Morgan fingerprint density at radius 3 is 2.48 bits per heavy atom. The van der Waals surface area contributed by atoms with Gasteiger partial charge in [0.2, 0.25) is 5.88 Å². The van der Waals surface area contributed by atoms with Crippen LogP contribution >= 0.6 is 0 Å². The summed E-state index contributed by atoms with van der Waals surface area (Å²) in [7, 11) is 1.66. The molecule has 9 heteroatoms. The molecular formula is C22H32FN3O5. The number of nitrogens with zero attached hydrogens (tertiary/aromatic N) is 2. The molecule has 3 rings (SSSR count). The topological polar surface area (TPSA) is 90.0 Å². The van der Waals surface area contributed by atoms with Crippen molar-refractivity contribution in [2.45, 2.75) is 57.8 Å². The molecule has 2 heterocycles. The summed E-state index contributed by atoms with van der Waals surface area (Å²) >= 11 is 0. The van der Waals surface area contributed by atoms with Crippen LogP contribution in [0.3, 0.4) is 0 Å². The summed E-state index contributed by atoms with van der Waals surface area (Å²) in [6, 6.07) is 3.38. The zero-order chi connectivity index (χ0) is 22.6. The number of hydrogen-bond donors (Lipinski definition) is 1. The van der Waals surface area contributed by atoms with Crippen molar-refractivity contribution in [3.8, 4) is 5.88 Å². The van der Waals surface area contributed by atoms with Gasteiger partial charge in [-0.05, 0) is 38.3 Å². The van der Waals surface area contributed by atoms with Gasteiger partial charge in [0.05, 0.1) is 19.3 Å². The largest absolute Gasteiger partial charge is 0.476 e. The highest BCUT2D eigenvalue weighted by atomic mass is 19.1. The van der Waals surface area contributed by atoms with E-state index in [1.54, 1.807) is 26.2 Å². The second-order valence-electron chi connectivity index (χ2n) is 8.07. The van der Waals surface area contributed by atoms with Crippen LogP contribution in [0.5, 0.6) is 5.88 Å². The van der Waals surface area contributed by atoms with Crippen molar-refractivity contribution in [1.29, 1.82) is 0 Å². The summed E-state index contributed by atoms with van der Waals surface area (Å²) in [5.41, 5.74) is -0.248. The van der Waals surface area contributed by atoms with E-state index in [0.29, 0.717) is 32.4 Å². The Hall–Kier alpha value is -2.42. The highest BCUT2D eigenvalue weighted by molar-refractivity contribution is 5.97. The van der Waals surface area contributed by atoms with Gasteiger partial charge in [-0.15, -0.1) is 0 Å². The number of amides is 1. The average Bonchev–Trinajstić information content (AvgIpc) is 3.45. The van der Waals surface area contributed by atoms with Crippen molar-refractivity contribution in [1.82, 2.24) is 10.3 Å². The van der Waals surface area contributed by atoms with E-state index in [2.05, 4.69) is 10.3 Å². The molecule has 0 aromatic carbocycles. The molecule has 8 nitrogen and oxygen atoms in total. The van der Waals surface area contributed by atoms with E-state index in [1.807, 2.05) is 18.7 Å². The normalized spacial score (nSPS) is 20.7. The van der Waals surface area contributed by atoms with E-state index < -0.39 is 23.6 Å². The van der Waals surface area contributed by atoms with Crippen LogP contribution in [0.25, 0.3) is 0 Å². The minimum atomic E-state index is -1.12. The van der Waals surface area contributed by atoms with Crippen LogP contribution in [0, 0.1) is 5.92 Å². The minimum absolute atomic E-state index is 0.130. The maximum absolute atomic E-state index is 13.3. The molecule has 172 valence electrons. The van der Waals surface area contributed by atoms with Crippen LogP contribution in [0.2, 0.25) is 0 Å². The number of esters is 1. The fraction of sp³-hybridized carbons (Fsp3) is 0.682. The van der Waals surface area contributed by atoms with Crippen molar-refractivity contribution in [2.24, 2.45) is 5.92 Å². The summed E-state index contributed by atoms with van der Waals surface area (Å²) in [6.07, 6.45) is 0.563. The van der Waals surface area contributed by atoms with Gasteiger partial charge in [-0.2, -0.15) is 0 Å². The molecule has 2 aliphatic rings. The van der Waals surface area contributed by atoms with Crippen LogP contribution in [0.15, 0.2) is 12.1 Å². The quantitative estimate of drug-likeness (QED) is 0.532. The summed E-state index contributed by atoms with van der Waals surface area (Å²) in [6.45, 7) is 7.20. The Bertz CT molecular complexity index is 795. The molecule has 2 unspecified atom stereocenters. The Kier molecular flexibility index (Phi) is 7.35. The highest BCUT2D eigenvalue weighted by Crippen LogP contribution is 2.36. The molecule has 1 aliphatic heterocycles. The van der Waals surface area contributed by atoms with Crippen molar-refractivity contribution in [3.63, 3.8) is 0 Å². The lowest BCUT2D eigenvalue weighted by Gasteiger charge is -2.40. The molecule has 1 aliphatic carbocycles. The first-order chi connectivity index (χ1) is 14.9. The van der Waals surface area contributed by atoms with Crippen LogP contribution in [-0.4, -0.2) is 68.1 Å². The lowest BCUT2D eigenvalue weighted by atomic mass is 9.92. The molecule has 1 aromatic heterocycles. The van der Waals surface area contributed by atoms with Gasteiger partial charge in [0.1, 0.15) is 23.1 Å². The minimum Gasteiger partial charge on any atom is -0.476 e. The number of alkyl halides is 1. The summed E-state index contributed by atoms with van der Waals surface area (Å²) in [5, 5.41) is 2.81. The van der Waals surface area contributed by atoms with Crippen molar-refractivity contribution in [3.05, 3.63) is 17.8 Å². The third kappa shape index (κ3) is 5.08. The highest BCUT2D eigenvalue weighted by Gasteiger charge is 2.40. The fourth-order valence-corrected chi connectivity index (χ4v) is 3.58. The van der Waals surface area contributed by atoms with Crippen LogP contribution in [-0.2, 0) is 14.3 Å².